The fourth-order valence-corrected chi connectivity index (χ4v) is 3.60. The molecule has 0 fully saturated rings. The molecular weight excluding hydrogens is 335 g/mol. The lowest BCUT2D eigenvalue weighted by Crippen LogP contribution is -2.26. The maximum atomic E-state index is 12.1. The third-order valence-corrected chi connectivity index (χ3v) is 4.84. The van der Waals surface area contributed by atoms with Crippen LogP contribution in [0.2, 0.25) is 10.0 Å². The summed E-state index contributed by atoms with van der Waals surface area (Å²) in [4.78, 5) is 0. The molecule has 0 bridgehead atoms. The van der Waals surface area contributed by atoms with Gasteiger partial charge in [-0.05, 0) is 19.1 Å². The highest BCUT2D eigenvalue weighted by Crippen LogP contribution is 2.25. The summed E-state index contributed by atoms with van der Waals surface area (Å²) in [5, 5.41) is 8.26. The molecule has 0 saturated carbocycles. The molecule has 21 heavy (non-hydrogen) atoms. The summed E-state index contributed by atoms with van der Waals surface area (Å²) in [6.07, 6.45) is 1.55. The molecule has 1 N–H and O–H groups in total. The Kier molecular flexibility index (Phi) is 5.21. The minimum absolute atomic E-state index is 0.0677. The summed E-state index contributed by atoms with van der Waals surface area (Å²) in [6, 6.07) is 4.87. The van der Waals surface area contributed by atoms with Crippen LogP contribution in [0.4, 0.5) is 0 Å². The van der Waals surface area contributed by atoms with E-state index in [2.05, 4.69) is 14.9 Å². The van der Waals surface area contributed by atoms with Gasteiger partial charge in [0.15, 0.2) is 0 Å². The summed E-state index contributed by atoms with van der Waals surface area (Å²) in [5.41, 5.74) is 0.380. The van der Waals surface area contributed by atoms with E-state index in [0.29, 0.717) is 28.0 Å². The monoisotopic (exact) mass is 348 g/mol. The molecule has 0 radical (unpaired) electrons. The maximum absolute atomic E-state index is 12.1. The first-order valence-electron chi connectivity index (χ1n) is 6.20. The van der Waals surface area contributed by atoms with Crippen LogP contribution in [-0.4, -0.2) is 23.2 Å². The minimum atomic E-state index is -3.58. The van der Waals surface area contributed by atoms with Crippen LogP contribution in [0.1, 0.15) is 18.3 Å². The van der Waals surface area contributed by atoms with Crippen molar-refractivity contribution in [3.05, 3.63) is 46.0 Å². The number of halogens is 2. The second-order valence-corrected chi connectivity index (χ2v) is 6.93. The molecule has 0 aliphatic heterocycles. The average Bonchev–Trinajstić information content (AvgIpc) is 2.88. The van der Waals surface area contributed by atoms with Gasteiger partial charge in [0.25, 0.3) is 0 Å². The standard InChI is InChI=1S/C12H14Cl2N4O2S/c1-2-18-8-15-17-12(18)6-16-21(19,20)7-9-10(13)4-3-5-11(9)14/h3-5,8,16H,2,6-7H2,1H3. The van der Waals surface area contributed by atoms with E-state index in [1.807, 2.05) is 6.92 Å². The molecule has 1 aromatic heterocycles. The van der Waals surface area contributed by atoms with Gasteiger partial charge in [-0.2, -0.15) is 0 Å². The number of aromatic nitrogens is 3. The zero-order valence-electron chi connectivity index (χ0n) is 11.3. The first-order chi connectivity index (χ1) is 9.93. The summed E-state index contributed by atoms with van der Waals surface area (Å²) in [5.74, 6) is 0.262. The second-order valence-electron chi connectivity index (χ2n) is 4.31. The number of sulfonamides is 1. The zero-order chi connectivity index (χ0) is 15.5. The van der Waals surface area contributed by atoms with Crippen LogP contribution in [0.25, 0.3) is 0 Å². The Bertz CT molecular complexity index is 710. The van der Waals surface area contributed by atoms with Gasteiger partial charge in [0.05, 0.1) is 12.3 Å². The highest BCUT2D eigenvalue weighted by Gasteiger charge is 2.17. The SMILES string of the molecule is CCn1cnnc1CNS(=O)(=O)Cc1c(Cl)cccc1Cl. The van der Waals surface area contributed by atoms with Crippen LogP contribution in [0, 0.1) is 0 Å². The number of nitrogens with one attached hydrogen (secondary N) is 1. The van der Waals surface area contributed by atoms with Crippen molar-refractivity contribution in [1.82, 2.24) is 19.5 Å². The number of rotatable bonds is 6. The van der Waals surface area contributed by atoms with Gasteiger partial charge in [0.1, 0.15) is 12.2 Å². The number of hydrogen-bond acceptors (Lipinski definition) is 4. The van der Waals surface area contributed by atoms with Gasteiger partial charge in [-0.15, -0.1) is 10.2 Å². The number of aryl methyl sites for hydroxylation is 1. The molecule has 2 rings (SSSR count). The van der Waals surface area contributed by atoms with Gasteiger partial charge in [-0.25, -0.2) is 13.1 Å². The van der Waals surface area contributed by atoms with E-state index < -0.39 is 10.0 Å². The molecule has 114 valence electrons. The van der Waals surface area contributed by atoms with Gasteiger partial charge in [0.2, 0.25) is 10.0 Å². The Morgan fingerprint density at radius 3 is 2.57 bits per heavy atom. The molecule has 6 nitrogen and oxygen atoms in total. The molecule has 0 aliphatic rings. The average molecular weight is 349 g/mol. The van der Waals surface area contributed by atoms with Crippen LogP contribution in [0.15, 0.2) is 24.5 Å². The van der Waals surface area contributed by atoms with E-state index in [4.69, 9.17) is 23.2 Å². The Morgan fingerprint density at radius 1 is 1.29 bits per heavy atom. The van der Waals surface area contributed by atoms with Crippen molar-refractivity contribution in [2.24, 2.45) is 0 Å². The van der Waals surface area contributed by atoms with E-state index in [1.54, 1.807) is 29.1 Å². The number of benzene rings is 1. The Labute approximate surface area is 133 Å². The Balaban J connectivity index is 2.09. The number of nitrogens with zero attached hydrogens (tertiary/aromatic N) is 3. The second kappa shape index (κ2) is 6.74. The van der Waals surface area contributed by atoms with Crippen molar-refractivity contribution < 1.29 is 8.42 Å². The van der Waals surface area contributed by atoms with Crippen molar-refractivity contribution in [3.8, 4) is 0 Å². The lowest BCUT2D eigenvalue weighted by molar-refractivity contribution is 0.574. The Morgan fingerprint density at radius 2 is 1.95 bits per heavy atom. The predicted molar refractivity (Wildman–Crippen MR) is 81.6 cm³/mol. The normalized spacial score (nSPS) is 11.8. The lowest BCUT2D eigenvalue weighted by atomic mass is 10.2. The third kappa shape index (κ3) is 4.16. The molecule has 1 heterocycles. The molecule has 2 aromatic rings. The molecule has 1 aromatic carbocycles. The maximum Gasteiger partial charge on any atom is 0.216 e. The van der Waals surface area contributed by atoms with E-state index >= 15 is 0 Å². The first-order valence-corrected chi connectivity index (χ1v) is 8.60. The highest BCUT2D eigenvalue weighted by molar-refractivity contribution is 7.88. The fourth-order valence-electron chi connectivity index (χ4n) is 1.77. The zero-order valence-corrected chi connectivity index (χ0v) is 13.6. The molecule has 0 unspecified atom stereocenters. The summed E-state index contributed by atoms with van der Waals surface area (Å²) in [6.45, 7) is 2.66. The van der Waals surface area contributed by atoms with Crippen LogP contribution in [0.5, 0.6) is 0 Å². The topological polar surface area (TPSA) is 76.9 Å². The van der Waals surface area contributed by atoms with Crippen molar-refractivity contribution in [2.45, 2.75) is 25.8 Å². The van der Waals surface area contributed by atoms with Gasteiger partial charge in [0, 0.05) is 22.2 Å². The van der Waals surface area contributed by atoms with Crippen molar-refractivity contribution >= 4 is 33.2 Å². The minimum Gasteiger partial charge on any atom is -0.317 e. The van der Waals surface area contributed by atoms with Gasteiger partial charge in [-0.3, -0.25) is 0 Å². The summed E-state index contributed by atoms with van der Waals surface area (Å²) < 4.78 is 28.5. The van der Waals surface area contributed by atoms with Gasteiger partial charge in [-0.1, -0.05) is 29.3 Å². The molecule has 0 spiro atoms. The van der Waals surface area contributed by atoms with Gasteiger partial charge < -0.3 is 4.57 Å². The molecule has 0 saturated heterocycles. The molecule has 9 heteroatoms. The van der Waals surface area contributed by atoms with Crippen LogP contribution < -0.4 is 4.72 Å². The van der Waals surface area contributed by atoms with E-state index in [9.17, 15) is 8.42 Å². The van der Waals surface area contributed by atoms with E-state index in [0.717, 1.165) is 0 Å². The third-order valence-electron chi connectivity index (χ3n) is 2.88. The fraction of sp³-hybridized carbons (Fsp3) is 0.333. The quantitative estimate of drug-likeness (QED) is 0.868. The van der Waals surface area contributed by atoms with Crippen LogP contribution in [-0.2, 0) is 28.9 Å². The highest BCUT2D eigenvalue weighted by atomic mass is 35.5. The van der Waals surface area contributed by atoms with Crippen molar-refractivity contribution in [2.75, 3.05) is 0 Å². The Hall–Kier alpha value is -1.15. The van der Waals surface area contributed by atoms with Gasteiger partial charge >= 0.3 is 0 Å². The first kappa shape index (κ1) is 16.2. The smallest absolute Gasteiger partial charge is 0.216 e. The lowest BCUT2D eigenvalue weighted by Gasteiger charge is -2.09. The van der Waals surface area contributed by atoms with E-state index in [1.165, 1.54) is 0 Å². The van der Waals surface area contributed by atoms with E-state index in [-0.39, 0.29) is 12.3 Å². The molecule has 0 amide bonds. The molecular formula is C12H14Cl2N4O2S. The predicted octanol–water partition coefficient (Wildman–Crippen LogP) is 2.22. The van der Waals surface area contributed by atoms with Crippen LogP contribution in [0.3, 0.4) is 0 Å². The van der Waals surface area contributed by atoms with Crippen molar-refractivity contribution in [3.63, 3.8) is 0 Å². The largest absolute Gasteiger partial charge is 0.317 e. The summed E-state index contributed by atoms with van der Waals surface area (Å²) in [7, 11) is -3.58. The van der Waals surface area contributed by atoms with Crippen LogP contribution >= 0.6 is 23.2 Å². The molecule has 0 aliphatic carbocycles. The molecule has 0 atom stereocenters. The van der Waals surface area contributed by atoms with Crippen molar-refractivity contribution in [1.29, 1.82) is 0 Å². The number of hydrogen-bond donors (Lipinski definition) is 1. The summed E-state index contributed by atoms with van der Waals surface area (Å²) >= 11 is 12.0.